The van der Waals surface area contributed by atoms with E-state index >= 15 is 0 Å². The maximum absolute atomic E-state index is 12.2. The molecule has 6 unspecified atom stereocenters. The second-order valence-corrected chi connectivity index (χ2v) is 20.2. The fourth-order valence-electron chi connectivity index (χ4n) is 14.4. The predicted molar refractivity (Wildman–Crippen MR) is 207 cm³/mol. The van der Waals surface area contributed by atoms with Gasteiger partial charge in [0.25, 0.3) is 0 Å². The zero-order valence-electron chi connectivity index (χ0n) is 34.5. The van der Waals surface area contributed by atoms with Gasteiger partial charge in [0.2, 0.25) is 0 Å². The van der Waals surface area contributed by atoms with E-state index in [9.17, 15) is 24.6 Å². The molecule has 6 fully saturated rings. The largest absolute Gasteiger partial charge is 0.481 e. The molecule has 0 amide bonds. The molecule has 3 N–H and O–H groups in total. The number of carboxylic acids is 1. The zero-order chi connectivity index (χ0) is 38.6. The number of aliphatic hydroxyl groups is 2. The van der Waals surface area contributed by atoms with Crippen LogP contribution in [0.1, 0.15) is 163 Å². The van der Waals surface area contributed by atoms with Crippen molar-refractivity contribution in [2.45, 2.75) is 187 Å². The molecule has 1 radical (unpaired) electrons. The summed E-state index contributed by atoms with van der Waals surface area (Å²) < 4.78 is 11.6. The fraction of sp³-hybridized carbons (Fsp3) is 0.848. The third-order valence-corrected chi connectivity index (χ3v) is 17.6. The summed E-state index contributed by atoms with van der Waals surface area (Å²) in [5.74, 6) is 2.71. The van der Waals surface area contributed by atoms with Gasteiger partial charge >= 0.3 is 17.9 Å². The van der Waals surface area contributed by atoms with Crippen LogP contribution in [0.2, 0.25) is 0 Å². The van der Waals surface area contributed by atoms with Gasteiger partial charge in [-0.3, -0.25) is 14.4 Å². The molecule has 8 aliphatic carbocycles. The second kappa shape index (κ2) is 17.1. The second-order valence-electron chi connectivity index (χ2n) is 20.2. The molecule has 0 aromatic carbocycles. The first kappa shape index (κ1) is 43.8. The zero-order valence-corrected chi connectivity index (χ0v) is 39.3. The summed E-state index contributed by atoms with van der Waals surface area (Å²) in [7, 11) is 0. The number of carboxylic acid groups (broad SMARTS) is 1. The molecular formula is C46H70AcO8. The van der Waals surface area contributed by atoms with Gasteiger partial charge in [0.15, 0.2) is 0 Å². The van der Waals surface area contributed by atoms with Crippen LogP contribution in [-0.4, -0.2) is 57.6 Å². The van der Waals surface area contributed by atoms with E-state index in [0.717, 1.165) is 95.3 Å². The topological polar surface area (TPSA) is 130 Å². The minimum absolute atomic E-state index is 0. The number of fused-ring (bicyclic) bond motifs is 10. The molecule has 8 rings (SSSR count). The minimum atomic E-state index is -0.970. The van der Waals surface area contributed by atoms with Gasteiger partial charge in [-0.15, -0.1) is 0 Å². The van der Waals surface area contributed by atoms with E-state index in [2.05, 4.69) is 39.8 Å². The average molecular weight is 978 g/mol. The quantitative estimate of drug-likeness (QED) is 0.170. The van der Waals surface area contributed by atoms with Gasteiger partial charge in [-0.05, 0) is 154 Å². The van der Waals surface area contributed by atoms with Crippen LogP contribution in [0.3, 0.4) is 0 Å². The number of hydrogen-bond acceptors (Lipinski definition) is 7. The Bertz CT molecular complexity index is 1510. The van der Waals surface area contributed by atoms with Gasteiger partial charge in [0.1, 0.15) is 12.2 Å². The fourth-order valence-corrected chi connectivity index (χ4v) is 14.4. The summed E-state index contributed by atoms with van der Waals surface area (Å²) in [5.41, 5.74) is 3.71. The van der Waals surface area contributed by atoms with Crippen LogP contribution >= 0.6 is 0 Å². The molecule has 0 heterocycles. The van der Waals surface area contributed by atoms with Crippen LogP contribution in [-0.2, 0) is 23.9 Å². The van der Waals surface area contributed by atoms with Gasteiger partial charge in [0, 0.05) is 62.3 Å². The Hall–Kier alpha value is -0.748. The molecule has 305 valence electrons. The molecule has 0 saturated heterocycles. The van der Waals surface area contributed by atoms with E-state index in [1.165, 1.54) is 31.3 Å². The number of rotatable bonds is 7. The first-order chi connectivity index (χ1) is 25.6. The number of ether oxygens (including phenoxy) is 2. The first-order valence-electron chi connectivity index (χ1n) is 22.0. The van der Waals surface area contributed by atoms with E-state index in [4.69, 9.17) is 14.6 Å². The number of carbonyl (C=O) groups excluding carboxylic acids is 2. The standard InChI is InChI=1S/C27H40O6.C19H30O2.Ac/c1-4-5-24(30)33-22-9-8-20-19-7-6-17-16-18(32-25(31)11-10-23(28)29)12-14-26(17,2)21(19)13-15-27(20,22)3;1-18-9-7-13(20)11-12(18)3-4-14-15-5-6-17(21)19(15,2)10-8-16(14)18;/h6,18-22H,4-5,7-16H2,1-3H3,(H,28,29);3,13-17,20-21H,4-11H2,1-2H3;/t18-,19?,20?,21?,22-,26-,27-;13-,14?,15?,16?,17-,18-,19-;/m00./s1. The Morgan fingerprint density at radius 1 is 0.655 bits per heavy atom. The number of allylic oxidation sites excluding steroid dienone is 2. The van der Waals surface area contributed by atoms with Crippen molar-refractivity contribution < 1.29 is 83.2 Å². The Labute approximate surface area is 366 Å². The number of aliphatic carboxylic acids is 1. The van der Waals surface area contributed by atoms with Crippen molar-refractivity contribution in [1.29, 1.82) is 0 Å². The Balaban J connectivity index is 0.000000201. The van der Waals surface area contributed by atoms with Crippen LogP contribution < -0.4 is 0 Å². The van der Waals surface area contributed by atoms with E-state index in [1.807, 2.05) is 6.92 Å². The molecule has 55 heavy (non-hydrogen) atoms. The van der Waals surface area contributed by atoms with Crippen molar-refractivity contribution in [2.75, 3.05) is 0 Å². The molecule has 8 aliphatic rings. The smallest absolute Gasteiger partial charge is 0.306 e. The van der Waals surface area contributed by atoms with Crippen molar-refractivity contribution in [2.24, 2.45) is 57.2 Å². The summed E-state index contributed by atoms with van der Waals surface area (Å²) in [6, 6.07) is 0. The van der Waals surface area contributed by atoms with Crippen LogP contribution in [0.25, 0.3) is 0 Å². The maximum atomic E-state index is 12.2. The third-order valence-electron chi connectivity index (χ3n) is 17.6. The van der Waals surface area contributed by atoms with Crippen molar-refractivity contribution in [1.82, 2.24) is 0 Å². The van der Waals surface area contributed by atoms with Crippen LogP contribution in [0.4, 0.5) is 0 Å². The molecule has 0 aromatic heterocycles. The van der Waals surface area contributed by atoms with Crippen molar-refractivity contribution >= 4 is 17.9 Å². The first-order valence-corrected chi connectivity index (χ1v) is 22.0. The summed E-state index contributed by atoms with van der Waals surface area (Å²) >= 11 is 0. The molecule has 0 aliphatic heterocycles. The van der Waals surface area contributed by atoms with E-state index in [-0.39, 0.29) is 104 Å². The predicted octanol–water partition coefficient (Wildman–Crippen LogP) is 9.11. The molecule has 8 nitrogen and oxygen atoms in total. The van der Waals surface area contributed by atoms with Crippen LogP contribution in [0, 0.1) is 101 Å². The van der Waals surface area contributed by atoms with Crippen molar-refractivity contribution in [3.8, 4) is 0 Å². The monoisotopic (exact) mass is 978 g/mol. The maximum Gasteiger partial charge on any atom is 0.306 e. The Kier molecular flexibility index (Phi) is 13.6. The van der Waals surface area contributed by atoms with Gasteiger partial charge in [-0.25, -0.2) is 0 Å². The molecule has 0 aromatic rings. The molecule has 6 saturated carbocycles. The summed E-state index contributed by atoms with van der Waals surface area (Å²) in [6.45, 7) is 11.6. The number of carbonyl (C=O) groups is 3. The van der Waals surface area contributed by atoms with Crippen LogP contribution in [0.15, 0.2) is 23.3 Å². The Morgan fingerprint density at radius 3 is 1.85 bits per heavy atom. The number of aliphatic hydroxyl groups excluding tert-OH is 2. The molecule has 0 spiro atoms. The number of esters is 2. The van der Waals surface area contributed by atoms with Gasteiger partial charge in [-0.2, -0.15) is 0 Å². The summed E-state index contributed by atoms with van der Waals surface area (Å²) in [5, 5.41) is 29.3. The Morgan fingerprint density at radius 2 is 1.22 bits per heavy atom. The average Bonchev–Trinajstić information content (AvgIpc) is 3.62. The van der Waals surface area contributed by atoms with E-state index < -0.39 is 11.9 Å². The van der Waals surface area contributed by atoms with Gasteiger partial charge < -0.3 is 24.8 Å². The number of hydrogen-bond donors (Lipinski definition) is 3. The van der Waals surface area contributed by atoms with Gasteiger partial charge in [-0.1, -0.05) is 57.9 Å². The van der Waals surface area contributed by atoms with E-state index in [0.29, 0.717) is 35.5 Å². The van der Waals surface area contributed by atoms with Crippen molar-refractivity contribution in [3.63, 3.8) is 0 Å². The van der Waals surface area contributed by atoms with Crippen molar-refractivity contribution in [3.05, 3.63) is 23.3 Å². The minimum Gasteiger partial charge on any atom is -0.481 e. The van der Waals surface area contributed by atoms with Crippen LogP contribution in [0.5, 0.6) is 0 Å². The molecule has 9 heteroatoms. The summed E-state index contributed by atoms with van der Waals surface area (Å²) in [4.78, 5) is 35.0. The SMILES string of the molecule is CCCC(=O)O[C@H]1CCC2C3CC=C4C[C@@H](OC(=O)CCC(=O)O)CC[C@]4(C)C3CC[C@@]21C.C[C@]12CC[C@H](O)CC1=CCC1C2CC[C@@]2(C)C1CC[C@@H]2O.[Ac]. The van der Waals surface area contributed by atoms with Gasteiger partial charge in [0.05, 0.1) is 25.0 Å². The third kappa shape index (κ3) is 8.12. The molecular weight excluding hydrogens is 907 g/mol. The summed E-state index contributed by atoms with van der Waals surface area (Å²) in [6.07, 6.45) is 22.8. The normalized spacial score (nSPS) is 45.1. The molecule has 0 bridgehead atoms. The molecule has 14 atom stereocenters. The van der Waals surface area contributed by atoms with E-state index in [1.54, 1.807) is 5.57 Å².